The van der Waals surface area contributed by atoms with Gasteiger partial charge in [0.1, 0.15) is 5.78 Å². The third-order valence-electron chi connectivity index (χ3n) is 3.73. The van der Waals surface area contributed by atoms with Gasteiger partial charge in [0.2, 0.25) is 0 Å². The summed E-state index contributed by atoms with van der Waals surface area (Å²) in [5.41, 5.74) is 0.791. The molecule has 0 aromatic heterocycles. The van der Waals surface area contributed by atoms with Gasteiger partial charge in [-0.1, -0.05) is 18.2 Å². The van der Waals surface area contributed by atoms with E-state index < -0.39 is 6.10 Å². The Bertz CT molecular complexity index is 305. The predicted molar refractivity (Wildman–Crippen MR) is 54.7 cm³/mol. The van der Waals surface area contributed by atoms with Crippen LogP contribution in [-0.2, 0) is 4.79 Å². The van der Waals surface area contributed by atoms with Crippen LogP contribution in [0.5, 0.6) is 0 Å². The normalized spacial score (nSPS) is 41.5. The molecule has 0 aromatic carbocycles. The van der Waals surface area contributed by atoms with Gasteiger partial charge in [-0.15, -0.1) is 6.58 Å². The minimum Gasteiger partial charge on any atom is -0.391 e. The molecule has 14 heavy (non-hydrogen) atoms. The molecule has 2 nitrogen and oxygen atoms in total. The average Bonchev–Trinajstić information content (AvgIpc) is 2.27. The second kappa shape index (κ2) is 3.06. The molecule has 2 saturated carbocycles. The maximum Gasteiger partial charge on any atom is 0.142 e. The van der Waals surface area contributed by atoms with Crippen molar-refractivity contribution in [3.63, 3.8) is 0 Å². The highest BCUT2D eigenvalue weighted by Crippen LogP contribution is 2.54. The van der Waals surface area contributed by atoms with Crippen LogP contribution in [0.3, 0.4) is 0 Å². The Morgan fingerprint density at radius 1 is 1.64 bits per heavy atom. The maximum absolute atomic E-state index is 11.6. The van der Waals surface area contributed by atoms with E-state index in [0.29, 0.717) is 6.42 Å². The number of carbonyl (C=O) groups is 1. The Kier molecular flexibility index (Phi) is 2.11. The molecule has 2 aliphatic carbocycles. The summed E-state index contributed by atoms with van der Waals surface area (Å²) < 4.78 is 0. The molecular formula is C12H16O2. The number of Topliss-reactive ketones (excluding diaryl/α,β-unsaturated/α-hetero) is 1. The van der Waals surface area contributed by atoms with Crippen molar-refractivity contribution < 1.29 is 9.90 Å². The van der Waals surface area contributed by atoms with E-state index in [1.165, 1.54) is 0 Å². The summed E-state index contributed by atoms with van der Waals surface area (Å²) in [5.74, 6) is -0.122. The maximum atomic E-state index is 11.6. The van der Waals surface area contributed by atoms with Crippen molar-refractivity contribution in [3.8, 4) is 0 Å². The molecule has 0 heterocycles. The van der Waals surface area contributed by atoms with E-state index in [-0.39, 0.29) is 17.1 Å². The smallest absolute Gasteiger partial charge is 0.142 e. The number of carbonyl (C=O) groups excluding carboxylic acids is 1. The lowest BCUT2D eigenvalue weighted by Gasteiger charge is -2.36. The monoisotopic (exact) mass is 192 g/mol. The van der Waals surface area contributed by atoms with Crippen LogP contribution in [0.15, 0.2) is 24.8 Å². The number of rotatable bonds is 2. The van der Waals surface area contributed by atoms with Crippen molar-refractivity contribution in [1.82, 2.24) is 0 Å². The molecule has 76 valence electrons. The number of aliphatic hydroxyl groups is 1. The largest absolute Gasteiger partial charge is 0.391 e. The molecule has 1 N–H and O–H groups in total. The zero-order chi connectivity index (χ0) is 10.3. The third-order valence-corrected chi connectivity index (χ3v) is 3.73. The predicted octanol–water partition coefficient (Wildman–Crippen LogP) is 1.85. The van der Waals surface area contributed by atoms with Crippen molar-refractivity contribution >= 4 is 5.78 Å². The van der Waals surface area contributed by atoms with Gasteiger partial charge in [-0.05, 0) is 19.3 Å². The number of hydrogen-bond acceptors (Lipinski definition) is 2. The van der Waals surface area contributed by atoms with Gasteiger partial charge in [0.25, 0.3) is 0 Å². The minimum absolute atomic E-state index is 0.128. The van der Waals surface area contributed by atoms with Crippen LogP contribution in [0, 0.1) is 11.3 Å². The Morgan fingerprint density at radius 2 is 2.36 bits per heavy atom. The SMILES string of the molecule is C=CC[C@@]12CCC(=O)[C@@H](C(=C)C1)[C@@H]2O. The quantitative estimate of drug-likeness (QED) is 0.678. The van der Waals surface area contributed by atoms with Crippen LogP contribution in [0.1, 0.15) is 25.7 Å². The molecule has 0 radical (unpaired) electrons. The van der Waals surface area contributed by atoms with Gasteiger partial charge in [-0.3, -0.25) is 4.79 Å². The highest BCUT2D eigenvalue weighted by atomic mass is 16.3. The van der Waals surface area contributed by atoms with Crippen molar-refractivity contribution in [2.24, 2.45) is 11.3 Å². The van der Waals surface area contributed by atoms with Crippen molar-refractivity contribution in [3.05, 3.63) is 24.8 Å². The molecule has 0 saturated heterocycles. The number of aliphatic hydroxyl groups excluding tert-OH is 1. The van der Waals surface area contributed by atoms with E-state index in [4.69, 9.17) is 0 Å². The lowest BCUT2D eigenvalue weighted by Crippen LogP contribution is -2.41. The Morgan fingerprint density at radius 3 is 3.00 bits per heavy atom. The summed E-state index contributed by atoms with van der Waals surface area (Å²) in [4.78, 5) is 11.6. The zero-order valence-electron chi connectivity index (χ0n) is 8.33. The summed E-state index contributed by atoms with van der Waals surface area (Å²) in [6, 6.07) is 0. The van der Waals surface area contributed by atoms with Gasteiger partial charge < -0.3 is 5.11 Å². The summed E-state index contributed by atoms with van der Waals surface area (Å²) in [6.07, 6.45) is 4.28. The van der Waals surface area contributed by atoms with Gasteiger partial charge >= 0.3 is 0 Å². The first-order valence-corrected chi connectivity index (χ1v) is 5.10. The third kappa shape index (κ3) is 1.10. The van der Waals surface area contributed by atoms with Crippen LogP contribution in [0.4, 0.5) is 0 Å². The van der Waals surface area contributed by atoms with E-state index in [2.05, 4.69) is 13.2 Å². The number of hydrogen-bond donors (Lipinski definition) is 1. The van der Waals surface area contributed by atoms with E-state index >= 15 is 0 Å². The molecular weight excluding hydrogens is 176 g/mol. The van der Waals surface area contributed by atoms with Gasteiger partial charge in [-0.25, -0.2) is 0 Å². The van der Waals surface area contributed by atoms with Gasteiger partial charge in [0.15, 0.2) is 0 Å². The minimum atomic E-state index is -0.519. The molecule has 0 spiro atoms. The fraction of sp³-hybridized carbons (Fsp3) is 0.583. The van der Waals surface area contributed by atoms with Gasteiger partial charge in [0.05, 0.1) is 12.0 Å². The Hall–Kier alpha value is -0.890. The highest BCUT2D eigenvalue weighted by Gasteiger charge is 2.54. The molecule has 2 rings (SSSR count). The first-order valence-electron chi connectivity index (χ1n) is 5.10. The molecule has 2 fully saturated rings. The second-order valence-corrected chi connectivity index (χ2v) is 4.58. The number of allylic oxidation sites excluding steroid dienone is 1. The number of fused-ring (bicyclic) bond motifs is 2. The van der Waals surface area contributed by atoms with Crippen molar-refractivity contribution in [1.29, 1.82) is 0 Å². The lowest BCUT2D eigenvalue weighted by atomic mass is 9.71. The summed E-state index contributed by atoms with van der Waals surface area (Å²) >= 11 is 0. The summed E-state index contributed by atoms with van der Waals surface area (Å²) in [6.45, 7) is 7.63. The highest BCUT2D eigenvalue weighted by molar-refractivity contribution is 5.86. The fourth-order valence-electron chi connectivity index (χ4n) is 2.99. The van der Waals surface area contributed by atoms with Crippen LogP contribution in [0.25, 0.3) is 0 Å². The van der Waals surface area contributed by atoms with E-state index in [9.17, 15) is 9.90 Å². The first-order chi connectivity index (χ1) is 6.60. The van der Waals surface area contributed by atoms with Crippen LogP contribution in [0.2, 0.25) is 0 Å². The lowest BCUT2D eigenvalue weighted by molar-refractivity contribution is -0.131. The molecule has 2 heteroatoms. The molecule has 2 bridgehead atoms. The summed E-state index contributed by atoms with van der Waals surface area (Å²) in [7, 11) is 0. The molecule has 0 unspecified atom stereocenters. The van der Waals surface area contributed by atoms with Crippen LogP contribution >= 0.6 is 0 Å². The molecule has 0 aliphatic heterocycles. The topological polar surface area (TPSA) is 37.3 Å². The van der Waals surface area contributed by atoms with Crippen LogP contribution in [-0.4, -0.2) is 17.0 Å². The zero-order valence-corrected chi connectivity index (χ0v) is 8.33. The Balaban J connectivity index is 2.34. The molecule has 0 amide bonds. The van der Waals surface area contributed by atoms with Gasteiger partial charge in [-0.2, -0.15) is 0 Å². The van der Waals surface area contributed by atoms with E-state index in [0.717, 1.165) is 24.8 Å². The molecule has 3 atom stereocenters. The fourth-order valence-corrected chi connectivity index (χ4v) is 2.99. The van der Waals surface area contributed by atoms with Crippen LogP contribution < -0.4 is 0 Å². The van der Waals surface area contributed by atoms with E-state index in [1.807, 2.05) is 6.08 Å². The molecule has 0 aromatic rings. The second-order valence-electron chi connectivity index (χ2n) is 4.58. The molecule has 2 aliphatic rings. The Labute approximate surface area is 84.3 Å². The average molecular weight is 192 g/mol. The summed E-state index contributed by atoms with van der Waals surface area (Å²) in [5, 5.41) is 10.1. The standard InChI is InChI=1S/C12H16O2/c1-3-5-12-6-4-9(13)10(11(12)14)8(2)7-12/h3,10-11,14H,1-2,4-7H2/t10-,11+,12-/m1/s1. The first kappa shape index (κ1) is 9.66. The van der Waals surface area contributed by atoms with Crippen molar-refractivity contribution in [2.45, 2.75) is 31.8 Å². The van der Waals surface area contributed by atoms with Crippen molar-refractivity contribution in [2.75, 3.05) is 0 Å². The van der Waals surface area contributed by atoms with Gasteiger partial charge in [0, 0.05) is 11.8 Å². The number of ketones is 1. The van der Waals surface area contributed by atoms with E-state index in [1.54, 1.807) is 0 Å².